The lowest BCUT2D eigenvalue weighted by molar-refractivity contribution is -0.131. The summed E-state index contributed by atoms with van der Waals surface area (Å²) in [5, 5.41) is 2.77. The van der Waals surface area contributed by atoms with Gasteiger partial charge in [0.2, 0.25) is 11.8 Å². The molecular formula is C15H29N3O2. The van der Waals surface area contributed by atoms with E-state index >= 15 is 0 Å². The molecule has 1 aliphatic heterocycles. The van der Waals surface area contributed by atoms with Gasteiger partial charge in [-0.25, -0.2) is 0 Å². The van der Waals surface area contributed by atoms with E-state index in [4.69, 9.17) is 5.73 Å². The van der Waals surface area contributed by atoms with Gasteiger partial charge < -0.3 is 16.0 Å². The van der Waals surface area contributed by atoms with Gasteiger partial charge in [0.1, 0.15) is 0 Å². The van der Waals surface area contributed by atoms with Crippen molar-refractivity contribution >= 4 is 11.8 Å². The first kappa shape index (κ1) is 17.0. The number of hydrogen-bond donors (Lipinski definition) is 2. The lowest BCUT2D eigenvalue weighted by Gasteiger charge is -2.21. The van der Waals surface area contributed by atoms with Crippen LogP contribution < -0.4 is 11.1 Å². The van der Waals surface area contributed by atoms with Crippen LogP contribution in [0.15, 0.2) is 0 Å². The normalized spacial score (nSPS) is 19.1. The fraction of sp³-hybridized carbons (Fsp3) is 0.867. The third-order valence-electron chi connectivity index (χ3n) is 4.16. The molecule has 2 amide bonds. The van der Waals surface area contributed by atoms with Crippen LogP contribution in [0.2, 0.25) is 0 Å². The second kappa shape index (κ2) is 8.95. The first-order valence-electron chi connectivity index (χ1n) is 7.87. The zero-order valence-electron chi connectivity index (χ0n) is 12.9. The molecule has 0 saturated carbocycles. The average Bonchev–Trinajstić information content (AvgIpc) is 2.74. The highest BCUT2D eigenvalue weighted by atomic mass is 16.2. The Morgan fingerprint density at radius 3 is 2.35 bits per heavy atom. The first-order chi connectivity index (χ1) is 9.56. The smallest absolute Gasteiger partial charge is 0.237 e. The molecule has 5 heteroatoms. The van der Waals surface area contributed by atoms with E-state index in [0.29, 0.717) is 13.0 Å². The minimum Gasteiger partial charge on any atom is -0.354 e. The maximum atomic E-state index is 12.0. The van der Waals surface area contributed by atoms with Crippen LogP contribution in [-0.2, 0) is 9.59 Å². The number of nitrogens with one attached hydrogen (secondary N) is 1. The SMILES string of the molecule is CCC(C)C(N)C(=O)NCCC(=O)N1CCCCCC1. The Hall–Kier alpha value is -1.10. The average molecular weight is 283 g/mol. The van der Waals surface area contributed by atoms with Crippen molar-refractivity contribution in [3.05, 3.63) is 0 Å². The molecule has 0 bridgehead atoms. The zero-order valence-corrected chi connectivity index (χ0v) is 12.9. The van der Waals surface area contributed by atoms with Gasteiger partial charge in [-0.1, -0.05) is 33.1 Å². The standard InChI is InChI=1S/C15H29N3O2/c1-3-12(2)14(16)15(20)17-9-8-13(19)18-10-6-4-5-7-11-18/h12,14H,3-11,16H2,1-2H3,(H,17,20). The molecule has 1 rings (SSSR count). The van der Waals surface area contributed by atoms with Gasteiger partial charge >= 0.3 is 0 Å². The summed E-state index contributed by atoms with van der Waals surface area (Å²) in [4.78, 5) is 25.8. The van der Waals surface area contributed by atoms with Crippen LogP contribution in [-0.4, -0.2) is 42.4 Å². The monoisotopic (exact) mass is 283 g/mol. The van der Waals surface area contributed by atoms with Crippen molar-refractivity contribution in [2.75, 3.05) is 19.6 Å². The molecule has 0 aromatic rings. The second-order valence-electron chi connectivity index (χ2n) is 5.75. The molecule has 0 radical (unpaired) electrons. The quantitative estimate of drug-likeness (QED) is 0.771. The Morgan fingerprint density at radius 1 is 1.20 bits per heavy atom. The van der Waals surface area contributed by atoms with Gasteiger partial charge in [-0.15, -0.1) is 0 Å². The molecule has 116 valence electrons. The van der Waals surface area contributed by atoms with Gasteiger partial charge in [0.25, 0.3) is 0 Å². The van der Waals surface area contributed by atoms with E-state index in [1.807, 2.05) is 18.7 Å². The van der Waals surface area contributed by atoms with Gasteiger partial charge in [-0.3, -0.25) is 9.59 Å². The minimum atomic E-state index is -0.478. The fourth-order valence-corrected chi connectivity index (χ4v) is 2.40. The van der Waals surface area contributed by atoms with Crippen LogP contribution in [0.25, 0.3) is 0 Å². The summed E-state index contributed by atoms with van der Waals surface area (Å²) in [7, 11) is 0. The number of rotatable bonds is 6. The molecule has 3 N–H and O–H groups in total. The van der Waals surface area contributed by atoms with Crippen LogP contribution in [0.5, 0.6) is 0 Å². The Morgan fingerprint density at radius 2 is 1.80 bits per heavy atom. The summed E-state index contributed by atoms with van der Waals surface area (Å²) in [6.07, 6.45) is 5.86. The molecule has 2 atom stereocenters. The number of nitrogens with zero attached hydrogens (tertiary/aromatic N) is 1. The molecule has 5 nitrogen and oxygen atoms in total. The molecule has 0 aliphatic carbocycles. The Bertz CT molecular complexity index is 312. The van der Waals surface area contributed by atoms with Crippen LogP contribution in [0, 0.1) is 5.92 Å². The third-order valence-corrected chi connectivity index (χ3v) is 4.16. The molecule has 1 saturated heterocycles. The molecule has 1 fully saturated rings. The van der Waals surface area contributed by atoms with Gasteiger partial charge in [0.05, 0.1) is 6.04 Å². The van der Waals surface area contributed by atoms with Crippen molar-refractivity contribution in [1.82, 2.24) is 10.2 Å². The van der Waals surface area contributed by atoms with Crippen molar-refractivity contribution < 1.29 is 9.59 Å². The van der Waals surface area contributed by atoms with Crippen LogP contribution >= 0.6 is 0 Å². The van der Waals surface area contributed by atoms with Crippen molar-refractivity contribution in [1.29, 1.82) is 0 Å². The predicted octanol–water partition coefficient (Wildman–Crippen LogP) is 1.27. The maximum absolute atomic E-state index is 12.0. The number of carbonyl (C=O) groups is 2. The van der Waals surface area contributed by atoms with Gasteiger partial charge in [-0.2, -0.15) is 0 Å². The predicted molar refractivity (Wildman–Crippen MR) is 80.1 cm³/mol. The van der Waals surface area contributed by atoms with Crippen LogP contribution in [0.1, 0.15) is 52.4 Å². The Balaban J connectivity index is 2.25. The number of nitrogens with two attached hydrogens (primary N) is 1. The van der Waals surface area contributed by atoms with E-state index in [-0.39, 0.29) is 17.7 Å². The second-order valence-corrected chi connectivity index (χ2v) is 5.75. The molecule has 0 aromatic carbocycles. The van der Waals surface area contributed by atoms with Crippen molar-refractivity contribution in [2.45, 2.75) is 58.4 Å². The largest absolute Gasteiger partial charge is 0.354 e. The summed E-state index contributed by atoms with van der Waals surface area (Å²) < 4.78 is 0. The summed E-state index contributed by atoms with van der Waals surface area (Å²) >= 11 is 0. The third kappa shape index (κ3) is 5.49. The van der Waals surface area contributed by atoms with E-state index in [1.165, 1.54) is 12.8 Å². The van der Waals surface area contributed by atoms with Crippen molar-refractivity contribution in [3.8, 4) is 0 Å². The summed E-state index contributed by atoms with van der Waals surface area (Å²) in [6, 6.07) is -0.478. The highest BCUT2D eigenvalue weighted by Gasteiger charge is 2.20. The molecular weight excluding hydrogens is 254 g/mol. The fourth-order valence-electron chi connectivity index (χ4n) is 2.40. The zero-order chi connectivity index (χ0) is 15.0. The Labute approximate surface area is 122 Å². The summed E-state index contributed by atoms with van der Waals surface area (Å²) in [5.41, 5.74) is 5.84. The molecule has 1 aliphatic rings. The van der Waals surface area contributed by atoms with E-state index in [0.717, 1.165) is 32.4 Å². The van der Waals surface area contributed by atoms with E-state index in [9.17, 15) is 9.59 Å². The molecule has 2 unspecified atom stereocenters. The van der Waals surface area contributed by atoms with Crippen molar-refractivity contribution in [3.63, 3.8) is 0 Å². The maximum Gasteiger partial charge on any atom is 0.237 e. The van der Waals surface area contributed by atoms with Crippen molar-refractivity contribution in [2.24, 2.45) is 11.7 Å². The highest BCUT2D eigenvalue weighted by Crippen LogP contribution is 2.10. The number of carbonyl (C=O) groups excluding carboxylic acids is 2. The van der Waals surface area contributed by atoms with Gasteiger partial charge in [0, 0.05) is 26.1 Å². The number of amides is 2. The molecule has 0 aromatic heterocycles. The minimum absolute atomic E-state index is 0.143. The van der Waals surface area contributed by atoms with Gasteiger partial charge in [0.15, 0.2) is 0 Å². The lowest BCUT2D eigenvalue weighted by atomic mass is 9.99. The van der Waals surface area contributed by atoms with Gasteiger partial charge in [-0.05, 0) is 18.8 Å². The number of hydrogen-bond acceptors (Lipinski definition) is 3. The number of likely N-dealkylation sites (tertiary alicyclic amines) is 1. The van der Waals surface area contributed by atoms with Crippen LogP contribution in [0.4, 0.5) is 0 Å². The van der Waals surface area contributed by atoms with E-state index < -0.39 is 6.04 Å². The summed E-state index contributed by atoms with van der Waals surface area (Å²) in [5.74, 6) is 0.156. The highest BCUT2D eigenvalue weighted by molar-refractivity contribution is 5.82. The topological polar surface area (TPSA) is 75.4 Å². The van der Waals surface area contributed by atoms with E-state index in [2.05, 4.69) is 5.32 Å². The Kier molecular flexibility index (Phi) is 7.59. The van der Waals surface area contributed by atoms with E-state index in [1.54, 1.807) is 0 Å². The molecule has 0 spiro atoms. The molecule has 20 heavy (non-hydrogen) atoms. The lowest BCUT2D eigenvalue weighted by Crippen LogP contribution is -2.45. The molecule has 1 heterocycles. The van der Waals surface area contributed by atoms with Crippen LogP contribution in [0.3, 0.4) is 0 Å². The summed E-state index contributed by atoms with van der Waals surface area (Å²) in [6.45, 7) is 6.09. The first-order valence-corrected chi connectivity index (χ1v) is 7.87.